The van der Waals surface area contributed by atoms with Crippen molar-refractivity contribution in [3.63, 3.8) is 0 Å². The smallest absolute Gasteiger partial charge is 0.168 e. The van der Waals surface area contributed by atoms with Gasteiger partial charge in [-0.2, -0.15) is 0 Å². The largest absolute Gasteiger partial charge is 0.381 e. The fourth-order valence-corrected chi connectivity index (χ4v) is 0.853. The highest BCUT2D eigenvalue weighted by Crippen LogP contribution is 2.08. The van der Waals surface area contributed by atoms with Crippen LogP contribution in [0.5, 0.6) is 0 Å². The minimum absolute atomic E-state index is 0.423. The number of nitrogens with one attached hydrogen (secondary N) is 1. The van der Waals surface area contributed by atoms with Crippen molar-refractivity contribution in [2.75, 3.05) is 17.6 Å². The Hall–Kier alpha value is -1.76. The number of hydrogen-bond acceptors (Lipinski definition) is 4. The second kappa shape index (κ2) is 4.99. The van der Waals surface area contributed by atoms with E-state index in [0.717, 1.165) is 13.0 Å². The van der Waals surface area contributed by atoms with Gasteiger partial charge in [0.2, 0.25) is 0 Å². The lowest BCUT2D eigenvalue weighted by atomic mass is 10.4. The Morgan fingerprint density at radius 1 is 1.46 bits per heavy atom. The van der Waals surface area contributed by atoms with Gasteiger partial charge in [-0.3, -0.25) is 0 Å². The Balaban J connectivity index is 2.44. The summed E-state index contributed by atoms with van der Waals surface area (Å²) in [6.07, 6.45) is 3.95. The Labute approximate surface area is 77.6 Å². The molecule has 0 saturated carbocycles. The first-order valence-electron chi connectivity index (χ1n) is 4.04. The molecule has 1 aromatic rings. The summed E-state index contributed by atoms with van der Waals surface area (Å²) in [4.78, 5) is 7.92. The molecule has 3 N–H and O–H groups in total. The van der Waals surface area contributed by atoms with E-state index in [4.69, 9.17) is 5.73 Å². The first kappa shape index (κ1) is 9.33. The normalized spacial score (nSPS) is 8.69. The van der Waals surface area contributed by atoms with Crippen LogP contribution in [0.15, 0.2) is 12.4 Å². The monoisotopic (exact) mass is 176 g/mol. The van der Waals surface area contributed by atoms with Gasteiger partial charge >= 0.3 is 0 Å². The molecular formula is C9H12N4. The Bertz CT molecular complexity index is 324. The van der Waals surface area contributed by atoms with Gasteiger partial charge in [0.1, 0.15) is 0 Å². The summed E-state index contributed by atoms with van der Waals surface area (Å²) in [5, 5.41) is 3.05. The first-order valence-corrected chi connectivity index (χ1v) is 4.04. The molecule has 0 unspecified atom stereocenters. The van der Waals surface area contributed by atoms with Crippen LogP contribution < -0.4 is 11.1 Å². The summed E-state index contributed by atoms with van der Waals surface area (Å²) >= 11 is 0. The van der Waals surface area contributed by atoms with Crippen LogP contribution in [-0.2, 0) is 0 Å². The zero-order valence-electron chi connectivity index (χ0n) is 7.54. The average Bonchev–Trinajstić information content (AvgIpc) is 2.15. The van der Waals surface area contributed by atoms with Crippen molar-refractivity contribution >= 4 is 11.6 Å². The molecule has 13 heavy (non-hydrogen) atoms. The lowest BCUT2D eigenvalue weighted by Crippen LogP contribution is -2.06. The van der Waals surface area contributed by atoms with Crippen LogP contribution in [0.25, 0.3) is 0 Å². The van der Waals surface area contributed by atoms with Crippen LogP contribution in [-0.4, -0.2) is 16.5 Å². The Morgan fingerprint density at radius 3 is 2.92 bits per heavy atom. The van der Waals surface area contributed by atoms with E-state index >= 15 is 0 Å². The molecule has 68 valence electrons. The molecule has 0 aliphatic rings. The van der Waals surface area contributed by atoms with Crippen LogP contribution in [0.1, 0.15) is 13.3 Å². The SMILES string of the molecule is CC#CCCNc1nccnc1N. The molecule has 1 aromatic heterocycles. The fraction of sp³-hybridized carbons (Fsp3) is 0.333. The molecule has 0 radical (unpaired) electrons. The van der Waals surface area contributed by atoms with E-state index in [0.29, 0.717) is 11.6 Å². The highest BCUT2D eigenvalue weighted by Gasteiger charge is 1.97. The van der Waals surface area contributed by atoms with Crippen molar-refractivity contribution in [3.05, 3.63) is 12.4 Å². The molecule has 0 saturated heterocycles. The van der Waals surface area contributed by atoms with E-state index in [1.807, 2.05) is 6.92 Å². The van der Waals surface area contributed by atoms with Crippen LogP contribution in [0, 0.1) is 11.8 Å². The van der Waals surface area contributed by atoms with E-state index in [1.165, 1.54) is 0 Å². The van der Waals surface area contributed by atoms with Crippen LogP contribution in [0.3, 0.4) is 0 Å². The predicted molar refractivity (Wildman–Crippen MR) is 53.0 cm³/mol. The van der Waals surface area contributed by atoms with Crippen molar-refractivity contribution in [2.24, 2.45) is 0 Å². The second-order valence-corrected chi connectivity index (χ2v) is 2.39. The Morgan fingerprint density at radius 2 is 2.23 bits per heavy atom. The standard InChI is InChI=1S/C9H12N4/c1-2-3-4-5-12-9-8(10)11-6-7-13-9/h6-7H,4-5H2,1H3,(H2,10,11)(H,12,13). The van der Waals surface area contributed by atoms with Gasteiger partial charge in [0, 0.05) is 25.4 Å². The summed E-state index contributed by atoms with van der Waals surface area (Å²) < 4.78 is 0. The maximum absolute atomic E-state index is 5.56. The number of anilines is 2. The third-order valence-corrected chi connectivity index (χ3v) is 1.45. The number of nitrogens with two attached hydrogens (primary N) is 1. The van der Waals surface area contributed by atoms with Crippen molar-refractivity contribution < 1.29 is 0 Å². The van der Waals surface area contributed by atoms with Crippen LogP contribution in [0.4, 0.5) is 11.6 Å². The number of hydrogen-bond donors (Lipinski definition) is 2. The van der Waals surface area contributed by atoms with Crippen molar-refractivity contribution in [3.8, 4) is 11.8 Å². The zero-order valence-corrected chi connectivity index (χ0v) is 7.54. The average molecular weight is 176 g/mol. The maximum Gasteiger partial charge on any atom is 0.168 e. The lowest BCUT2D eigenvalue weighted by molar-refractivity contribution is 1.06. The minimum Gasteiger partial charge on any atom is -0.381 e. The van der Waals surface area contributed by atoms with Gasteiger partial charge in [-0.05, 0) is 6.92 Å². The highest BCUT2D eigenvalue weighted by molar-refractivity contribution is 5.54. The van der Waals surface area contributed by atoms with Gasteiger partial charge in [0.15, 0.2) is 11.6 Å². The molecule has 0 amide bonds. The van der Waals surface area contributed by atoms with Crippen molar-refractivity contribution in [2.45, 2.75) is 13.3 Å². The molecule has 0 aromatic carbocycles. The summed E-state index contributed by atoms with van der Waals surface area (Å²) in [5.74, 6) is 6.80. The van der Waals surface area contributed by atoms with E-state index in [-0.39, 0.29) is 0 Å². The number of nitrogens with zero attached hydrogens (tertiary/aromatic N) is 2. The van der Waals surface area contributed by atoms with Gasteiger partial charge in [-0.15, -0.1) is 11.8 Å². The second-order valence-electron chi connectivity index (χ2n) is 2.39. The van der Waals surface area contributed by atoms with E-state index in [9.17, 15) is 0 Å². The number of nitrogen functional groups attached to an aromatic ring is 1. The third-order valence-electron chi connectivity index (χ3n) is 1.45. The van der Waals surface area contributed by atoms with Gasteiger partial charge in [0.05, 0.1) is 0 Å². The van der Waals surface area contributed by atoms with Gasteiger partial charge in [-0.25, -0.2) is 9.97 Å². The van der Waals surface area contributed by atoms with Gasteiger partial charge in [0.25, 0.3) is 0 Å². The molecule has 0 bridgehead atoms. The van der Waals surface area contributed by atoms with Gasteiger partial charge < -0.3 is 11.1 Å². The minimum atomic E-state index is 0.423. The topological polar surface area (TPSA) is 63.8 Å². The number of aromatic nitrogens is 2. The van der Waals surface area contributed by atoms with E-state index < -0.39 is 0 Å². The maximum atomic E-state index is 5.56. The fourth-order valence-electron chi connectivity index (χ4n) is 0.853. The number of rotatable bonds is 3. The van der Waals surface area contributed by atoms with Crippen LogP contribution >= 0.6 is 0 Å². The molecule has 1 heterocycles. The molecule has 0 aliphatic heterocycles. The van der Waals surface area contributed by atoms with Crippen molar-refractivity contribution in [1.29, 1.82) is 0 Å². The molecule has 4 heteroatoms. The first-order chi connectivity index (χ1) is 6.34. The summed E-state index contributed by atoms with van der Waals surface area (Å²) in [6.45, 7) is 2.56. The van der Waals surface area contributed by atoms with Gasteiger partial charge in [-0.1, -0.05) is 0 Å². The highest BCUT2D eigenvalue weighted by atomic mass is 15.0. The molecule has 0 atom stereocenters. The van der Waals surface area contributed by atoms with E-state index in [1.54, 1.807) is 12.4 Å². The lowest BCUT2D eigenvalue weighted by Gasteiger charge is -2.03. The summed E-state index contributed by atoms with van der Waals surface area (Å²) in [6, 6.07) is 0. The molecule has 1 rings (SSSR count). The molecule has 0 spiro atoms. The van der Waals surface area contributed by atoms with Crippen LogP contribution in [0.2, 0.25) is 0 Å². The predicted octanol–water partition coefficient (Wildman–Crippen LogP) is 0.884. The van der Waals surface area contributed by atoms with E-state index in [2.05, 4.69) is 27.1 Å². The molecule has 0 fully saturated rings. The summed E-state index contributed by atoms with van der Waals surface area (Å²) in [7, 11) is 0. The summed E-state index contributed by atoms with van der Waals surface area (Å²) in [5.41, 5.74) is 5.56. The molecular weight excluding hydrogens is 164 g/mol. The Kier molecular flexibility index (Phi) is 3.58. The molecule has 4 nitrogen and oxygen atoms in total. The van der Waals surface area contributed by atoms with Crippen molar-refractivity contribution in [1.82, 2.24) is 9.97 Å². The third kappa shape index (κ3) is 2.99. The quantitative estimate of drug-likeness (QED) is 0.530. The molecule has 0 aliphatic carbocycles. The zero-order chi connectivity index (χ0) is 9.52.